The highest BCUT2D eigenvalue weighted by atomic mass is 35.5. The summed E-state index contributed by atoms with van der Waals surface area (Å²) in [7, 11) is 0. The van der Waals surface area contributed by atoms with Crippen LogP contribution in [0.4, 0.5) is 0 Å². The van der Waals surface area contributed by atoms with Crippen LogP contribution in [-0.4, -0.2) is 17.8 Å². The van der Waals surface area contributed by atoms with Crippen LogP contribution in [-0.2, 0) is 12.8 Å². The number of aliphatic hydroxyl groups excluding tert-OH is 1. The molecule has 1 heterocycles. The normalized spacial score (nSPS) is 30.3. The average Bonchev–Trinajstić information content (AvgIpc) is 2.90. The minimum absolute atomic E-state index is 0.136. The van der Waals surface area contributed by atoms with E-state index >= 15 is 0 Å². The van der Waals surface area contributed by atoms with Gasteiger partial charge in [-0.3, -0.25) is 0 Å². The van der Waals surface area contributed by atoms with Gasteiger partial charge in [0.25, 0.3) is 0 Å². The Labute approximate surface area is 113 Å². The van der Waals surface area contributed by atoms with Crippen molar-refractivity contribution in [1.29, 1.82) is 0 Å². The van der Waals surface area contributed by atoms with Gasteiger partial charge in [0.1, 0.15) is 5.75 Å². The Balaban J connectivity index is 1.85. The van der Waals surface area contributed by atoms with Crippen molar-refractivity contribution in [3.05, 3.63) is 28.3 Å². The van der Waals surface area contributed by atoms with Crippen LogP contribution < -0.4 is 4.74 Å². The van der Waals surface area contributed by atoms with Gasteiger partial charge in [-0.25, -0.2) is 0 Å². The first-order valence-corrected chi connectivity index (χ1v) is 7.15. The molecule has 18 heavy (non-hydrogen) atoms. The van der Waals surface area contributed by atoms with Crippen molar-refractivity contribution in [3.8, 4) is 5.75 Å². The molecule has 2 nitrogen and oxygen atoms in total. The van der Waals surface area contributed by atoms with Crippen molar-refractivity contribution in [3.63, 3.8) is 0 Å². The number of rotatable bonds is 2. The quantitative estimate of drug-likeness (QED) is 0.891. The Morgan fingerprint density at radius 2 is 2.22 bits per heavy atom. The van der Waals surface area contributed by atoms with E-state index in [0.717, 1.165) is 43.1 Å². The Morgan fingerprint density at radius 3 is 2.94 bits per heavy atom. The van der Waals surface area contributed by atoms with E-state index in [1.165, 1.54) is 11.1 Å². The molecule has 3 heteroatoms. The predicted octanol–water partition coefficient (Wildman–Crippen LogP) is 3.22. The summed E-state index contributed by atoms with van der Waals surface area (Å²) in [5.41, 5.74) is 2.46. The molecule has 3 rings (SSSR count). The number of aliphatic hydroxyl groups is 1. The van der Waals surface area contributed by atoms with Crippen LogP contribution in [0, 0.1) is 11.8 Å². The summed E-state index contributed by atoms with van der Waals surface area (Å²) in [5.74, 6) is 1.97. The van der Waals surface area contributed by atoms with Crippen molar-refractivity contribution in [2.24, 2.45) is 11.8 Å². The molecule has 0 radical (unpaired) electrons. The third-order valence-corrected chi connectivity index (χ3v) is 4.71. The minimum atomic E-state index is -0.136. The molecule has 2 aliphatic rings. The van der Waals surface area contributed by atoms with Gasteiger partial charge >= 0.3 is 0 Å². The number of benzene rings is 1. The molecule has 0 aromatic heterocycles. The molecule has 1 aromatic carbocycles. The number of hydrogen-bond acceptors (Lipinski definition) is 2. The molecule has 1 aromatic rings. The topological polar surface area (TPSA) is 29.5 Å². The van der Waals surface area contributed by atoms with Gasteiger partial charge in [-0.15, -0.1) is 0 Å². The van der Waals surface area contributed by atoms with E-state index in [1.807, 2.05) is 12.1 Å². The van der Waals surface area contributed by atoms with Crippen LogP contribution in [0.1, 0.15) is 30.9 Å². The Bertz CT molecular complexity index is 458. The van der Waals surface area contributed by atoms with E-state index in [1.54, 1.807) is 0 Å². The van der Waals surface area contributed by atoms with Gasteiger partial charge in [0.2, 0.25) is 0 Å². The fraction of sp³-hybridized carbons (Fsp3) is 0.600. The van der Waals surface area contributed by atoms with Crippen LogP contribution in [0.2, 0.25) is 5.02 Å². The molecular weight excluding hydrogens is 248 g/mol. The van der Waals surface area contributed by atoms with Gasteiger partial charge in [0, 0.05) is 11.4 Å². The largest absolute Gasteiger partial charge is 0.493 e. The van der Waals surface area contributed by atoms with Gasteiger partial charge in [0.15, 0.2) is 0 Å². The van der Waals surface area contributed by atoms with Gasteiger partial charge in [0.05, 0.1) is 12.7 Å². The average molecular weight is 267 g/mol. The number of hydrogen-bond donors (Lipinski definition) is 1. The maximum Gasteiger partial charge on any atom is 0.125 e. The molecule has 1 aliphatic heterocycles. The second-order valence-corrected chi connectivity index (χ2v) is 6.06. The van der Waals surface area contributed by atoms with Crippen molar-refractivity contribution < 1.29 is 9.84 Å². The third kappa shape index (κ3) is 2.12. The highest BCUT2D eigenvalue weighted by Gasteiger charge is 2.32. The molecule has 3 atom stereocenters. The number of fused-ring (bicyclic) bond motifs is 1. The monoisotopic (exact) mass is 266 g/mol. The number of ether oxygens (including phenoxy) is 1. The smallest absolute Gasteiger partial charge is 0.125 e. The maximum absolute atomic E-state index is 9.84. The Kier molecular flexibility index (Phi) is 3.25. The van der Waals surface area contributed by atoms with Crippen molar-refractivity contribution in [2.75, 3.05) is 6.61 Å². The fourth-order valence-electron chi connectivity index (χ4n) is 3.29. The van der Waals surface area contributed by atoms with Gasteiger partial charge in [-0.1, -0.05) is 18.5 Å². The lowest BCUT2D eigenvalue weighted by molar-refractivity contribution is 0.127. The Hall–Kier alpha value is -0.730. The van der Waals surface area contributed by atoms with Gasteiger partial charge < -0.3 is 9.84 Å². The molecule has 0 amide bonds. The molecule has 3 unspecified atom stereocenters. The highest BCUT2D eigenvalue weighted by molar-refractivity contribution is 6.30. The number of halogens is 1. The zero-order valence-electron chi connectivity index (χ0n) is 10.7. The summed E-state index contributed by atoms with van der Waals surface area (Å²) in [6, 6.07) is 4.05. The molecular formula is C15H19ClO2. The molecule has 0 saturated heterocycles. The third-order valence-electron chi connectivity index (χ3n) is 4.49. The molecule has 0 spiro atoms. The van der Waals surface area contributed by atoms with Crippen LogP contribution in [0.25, 0.3) is 0 Å². The first-order chi connectivity index (χ1) is 8.65. The van der Waals surface area contributed by atoms with E-state index in [0.29, 0.717) is 11.8 Å². The van der Waals surface area contributed by atoms with Crippen LogP contribution in [0.15, 0.2) is 12.1 Å². The molecule has 1 saturated carbocycles. The standard InChI is InChI=1S/C15H19ClO2/c1-9-10(2-3-14(9)17)6-12-8-13(16)7-11-4-5-18-15(11)12/h7-10,14,17H,2-6H2,1H3. The molecule has 1 N–H and O–H groups in total. The van der Waals surface area contributed by atoms with Crippen molar-refractivity contribution >= 4 is 11.6 Å². The molecule has 1 fully saturated rings. The predicted molar refractivity (Wildman–Crippen MR) is 72.2 cm³/mol. The lowest BCUT2D eigenvalue weighted by Crippen LogP contribution is -2.17. The molecule has 1 aliphatic carbocycles. The van der Waals surface area contributed by atoms with Crippen LogP contribution in [0.5, 0.6) is 5.75 Å². The fourth-order valence-corrected chi connectivity index (χ4v) is 3.56. The van der Waals surface area contributed by atoms with Gasteiger partial charge in [-0.2, -0.15) is 0 Å². The zero-order valence-corrected chi connectivity index (χ0v) is 11.4. The summed E-state index contributed by atoms with van der Waals surface area (Å²) < 4.78 is 5.74. The van der Waals surface area contributed by atoms with E-state index in [2.05, 4.69) is 6.92 Å². The van der Waals surface area contributed by atoms with Crippen LogP contribution >= 0.6 is 11.6 Å². The zero-order chi connectivity index (χ0) is 12.7. The van der Waals surface area contributed by atoms with Crippen LogP contribution in [0.3, 0.4) is 0 Å². The second kappa shape index (κ2) is 4.75. The van der Waals surface area contributed by atoms with E-state index < -0.39 is 0 Å². The highest BCUT2D eigenvalue weighted by Crippen LogP contribution is 2.39. The van der Waals surface area contributed by atoms with Crippen molar-refractivity contribution in [2.45, 2.75) is 38.7 Å². The SMILES string of the molecule is CC1C(O)CCC1Cc1cc(Cl)cc2c1OCC2. The first-order valence-electron chi connectivity index (χ1n) is 6.77. The summed E-state index contributed by atoms with van der Waals surface area (Å²) in [6.45, 7) is 2.92. The summed E-state index contributed by atoms with van der Waals surface area (Å²) in [5, 5.41) is 10.6. The maximum atomic E-state index is 9.84. The lowest BCUT2D eigenvalue weighted by atomic mass is 9.89. The summed E-state index contributed by atoms with van der Waals surface area (Å²) in [4.78, 5) is 0. The van der Waals surface area contributed by atoms with Gasteiger partial charge in [-0.05, 0) is 54.4 Å². The summed E-state index contributed by atoms with van der Waals surface area (Å²) >= 11 is 6.17. The van der Waals surface area contributed by atoms with E-state index in [-0.39, 0.29) is 6.10 Å². The lowest BCUT2D eigenvalue weighted by Gasteiger charge is -2.19. The van der Waals surface area contributed by atoms with E-state index in [9.17, 15) is 5.11 Å². The Morgan fingerprint density at radius 1 is 1.39 bits per heavy atom. The summed E-state index contributed by atoms with van der Waals surface area (Å²) in [6.07, 6.45) is 3.83. The molecule has 0 bridgehead atoms. The minimum Gasteiger partial charge on any atom is -0.493 e. The van der Waals surface area contributed by atoms with Crippen molar-refractivity contribution in [1.82, 2.24) is 0 Å². The van der Waals surface area contributed by atoms with E-state index in [4.69, 9.17) is 16.3 Å². The second-order valence-electron chi connectivity index (χ2n) is 5.62. The molecule has 98 valence electrons. The first kappa shape index (κ1) is 12.3.